The Morgan fingerprint density at radius 3 is 0.600 bits per heavy atom. The molecule has 0 unspecified atom stereocenters. The molecule has 4 N–H and O–H groups in total. The zero-order chi connectivity index (χ0) is 0. The molecule has 0 aliphatic rings. The van der Waals surface area contributed by atoms with Crippen LogP contribution >= 0.6 is 0 Å². The minimum Gasteiger partial charge on any atom is -1.00 e. The van der Waals surface area contributed by atoms with Gasteiger partial charge in [0.1, 0.15) is 0 Å². The van der Waals surface area contributed by atoms with Gasteiger partial charge in [0.2, 0.25) is 0 Å². The Bertz CT molecular complexity index is 7.61. The molecule has 0 atom stereocenters. The van der Waals surface area contributed by atoms with Gasteiger partial charge in [0.25, 0.3) is 0 Å². The predicted molar refractivity (Wildman–Crippen MR) is 7.23 cm³/mol. The first-order valence-corrected chi connectivity index (χ1v) is 0. The topological polar surface area (TPSA) is 63.0 Å². The normalized spacial score (nSPS) is 0. The molecule has 0 saturated carbocycles. The summed E-state index contributed by atoms with van der Waals surface area (Å²) in [6.07, 6.45) is 0. The van der Waals surface area contributed by atoms with Crippen molar-refractivity contribution < 1.29 is 63.8 Å². The van der Waals surface area contributed by atoms with E-state index in [9.17, 15) is 0 Å². The van der Waals surface area contributed by atoms with Crippen LogP contribution in [-0.4, -0.2) is 11.0 Å². The van der Waals surface area contributed by atoms with Gasteiger partial charge < -0.3 is 44.9 Å². The summed E-state index contributed by atoms with van der Waals surface area (Å²) >= 11 is 0. The number of hydrogen-bond donors (Lipinski definition) is 0. The van der Waals surface area contributed by atoms with Crippen LogP contribution in [0.25, 0.3) is 0 Å². The van der Waals surface area contributed by atoms with Crippen LogP contribution in [0.4, 0.5) is 0 Å². The largest absolute Gasteiger partial charge is 1.00 e. The molecular weight excluding hydrogens is 199 g/mol. The average molecular weight is 203 g/mol. The molecule has 0 fully saturated rings. The Morgan fingerprint density at radius 2 is 0.600 bits per heavy atom. The molecule has 0 aromatic carbocycles. The summed E-state index contributed by atoms with van der Waals surface area (Å²) in [5.74, 6) is 0. The van der Waals surface area contributed by atoms with Crippen LogP contribution in [0.1, 0.15) is 0 Å². The first-order chi connectivity index (χ1) is 0. The maximum Gasteiger partial charge on any atom is 1.00 e. The molecule has 32 valence electrons. The third-order valence-electron chi connectivity index (χ3n) is 0. The van der Waals surface area contributed by atoms with Crippen molar-refractivity contribution in [3.63, 3.8) is 0 Å². The van der Waals surface area contributed by atoms with Crippen LogP contribution in [0.5, 0.6) is 0 Å². The molecule has 0 rings (SSSR count). The minimum absolute atomic E-state index is 0. The summed E-state index contributed by atoms with van der Waals surface area (Å²) in [4.78, 5) is 0. The molecule has 0 amide bonds. The van der Waals surface area contributed by atoms with E-state index in [1.54, 1.807) is 0 Å². The molecule has 0 heterocycles. The van der Waals surface area contributed by atoms with Gasteiger partial charge in [-0.2, -0.15) is 0 Å². The average Bonchev–Trinajstić information content (AvgIpc) is 0. The Kier molecular flexibility index (Phi) is 896. The molecule has 0 radical (unpaired) electrons. The quantitative estimate of drug-likeness (QED) is 0.351. The number of rotatable bonds is 0. The Hall–Kier alpha value is 1.48. The smallest absolute Gasteiger partial charge is 1.00 e. The van der Waals surface area contributed by atoms with E-state index >= 15 is 0 Å². The van der Waals surface area contributed by atoms with Gasteiger partial charge in [-0.1, -0.05) is 0 Å². The van der Waals surface area contributed by atoms with E-state index in [0.29, 0.717) is 0 Å². The van der Waals surface area contributed by atoms with Crippen LogP contribution < -0.4 is 52.8 Å². The van der Waals surface area contributed by atoms with Crippen LogP contribution in [0, 0.1) is 0 Å². The van der Waals surface area contributed by atoms with Gasteiger partial charge in [0.15, 0.2) is 0 Å². The van der Waals surface area contributed by atoms with Crippen molar-refractivity contribution in [3.05, 3.63) is 0 Å². The summed E-state index contributed by atoms with van der Waals surface area (Å²) in [6, 6.07) is 0. The van der Waals surface area contributed by atoms with E-state index in [4.69, 9.17) is 0 Å². The number of halogens is 2. The van der Waals surface area contributed by atoms with Crippen LogP contribution in [-0.2, 0) is 0 Å². The fourth-order valence-electron chi connectivity index (χ4n) is 0. The van der Waals surface area contributed by atoms with Crippen LogP contribution in [0.15, 0.2) is 0 Å². The van der Waals surface area contributed by atoms with Crippen molar-refractivity contribution >= 4 is 0 Å². The van der Waals surface area contributed by atoms with Crippen molar-refractivity contribution in [2.75, 3.05) is 0 Å². The monoisotopic (exact) mass is 201 g/mol. The summed E-state index contributed by atoms with van der Waals surface area (Å²) < 4.78 is 0. The molecule has 0 bridgehead atoms. The van der Waals surface area contributed by atoms with Crippen molar-refractivity contribution in [3.8, 4) is 0 Å². The van der Waals surface area contributed by atoms with E-state index in [1.165, 1.54) is 0 Å². The van der Waals surface area contributed by atoms with Gasteiger partial charge >= 0.3 is 18.9 Å². The fourth-order valence-corrected chi connectivity index (χ4v) is 0. The maximum absolute atomic E-state index is 0. The molecule has 0 aliphatic carbocycles. The van der Waals surface area contributed by atoms with E-state index in [2.05, 4.69) is 0 Å². The van der Waals surface area contributed by atoms with Crippen molar-refractivity contribution in [1.82, 2.24) is 0 Å². The van der Waals surface area contributed by atoms with Crippen LogP contribution in [0.3, 0.4) is 0 Å². The molecule has 5 heteroatoms. The standard InChI is InChI=1S/2BrH.Li.2H2O/h2*1H;;2*1H2/q;;+1;;/p-2. The fraction of sp³-hybridized carbons (Fsp3) is 0. The number of hydrogen-bond acceptors (Lipinski definition) is 0. The molecule has 0 aromatic rings. The zero-order valence-electron chi connectivity index (χ0n) is 2.76. The van der Waals surface area contributed by atoms with E-state index < -0.39 is 0 Å². The van der Waals surface area contributed by atoms with Crippen molar-refractivity contribution in [1.29, 1.82) is 0 Å². The van der Waals surface area contributed by atoms with Gasteiger partial charge in [-0.3, -0.25) is 0 Å². The van der Waals surface area contributed by atoms with Gasteiger partial charge in [-0.15, -0.1) is 0 Å². The van der Waals surface area contributed by atoms with Gasteiger partial charge in [-0.25, -0.2) is 0 Å². The minimum atomic E-state index is 0. The molecule has 0 aliphatic heterocycles. The summed E-state index contributed by atoms with van der Waals surface area (Å²) in [5.41, 5.74) is 0. The van der Waals surface area contributed by atoms with Gasteiger partial charge in [0, 0.05) is 0 Å². The van der Waals surface area contributed by atoms with Crippen molar-refractivity contribution in [2.24, 2.45) is 0 Å². The first-order valence-electron chi connectivity index (χ1n) is 0. The molecular formula is H4Br2LiO2-. The first kappa shape index (κ1) is 89.0. The third-order valence-corrected chi connectivity index (χ3v) is 0. The third kappa shape index (κ3) is 30.3. The predicted octanol–water partition coefficient (Wildman–Crippen LogP) is -10.6. The van der Waals surface area contributed by atoms with Crippen LogP contribution in [0.2, 0.25) is 0 Å². The molecule has 2 nitrogen and oxygen atoms in total. The summed E-state index contributed by atoms with van der Waals surface area (Å²) in [7, 11) is 0. The van der Waals surface area contributed by atoms with Crippen molar-refractivity contribution in [2.45, 2.75) is 0 Å². The van der Waals surface area contributed by atoms with E-state index in [-0.39, 0.29) is 63.8 Å². The molecule has 0 spiro atoms. The Balaban J connectivity index is 0. The van der Waals surface area contributed by atoms with Gasteiger partial charge in [0.05, 0.1) is 0 Å². The SMILES string of the molecule is O.O.[Br-].[Br-].[Li+]. The van der Waals surface area contributed by atoms with E-state index in [1.807, 2.05) is 0 Å². The maximum atomic E-state index is 0. The summed E-state index contributed by atoms with van der Waals surface area (Å²) in [6.45, 7) is 0. The molecule has 0 saturated heterocycles. The molecule has 0 aromatic heterocycles. The second-order valence-corrected chi connectivity index (χ2v) is 0. The van der Waals surface area contributed by atoms with E-state index in [0.717, 1.165) is 0 Å². The zero-order valence-corrected chi connectivity index (χ0v) is 5.93. The molecule has 5 heavy (non-hydrogen) atoms. The second-order valence-electron chi connectivity index (χ2n) is 0. The Morgan fingerprint density at radius 1 is 0.600 bits per heavy atom. The van der Waals surface area contributed by atoms with Gasteiger partial charge in [-0.05, 0) is 0 Å². The summed E-state index contributed by atoms with van der Waals surface area (Å²) in [5, 5.41) is 0. The second kappa shape index (κ2) is 50.3. The Labute approximate surface area is 63.7 Å².